The number of hydrogen-bond donors (Lipinski definition) is 2. The molecule has 1 heterocycles. The van der Waals surface area contributed by atoms with Crippen LogP contribution in [0.25, 0.3) is 11.1 Å². The van der Waals surface area contributed by atoms with Crippen LogP contribution in [0.15, 0.2) is 66.7 Å². The van der Waals surface area contributed by atoms with Gasteiger partial charge in [0.25, 0.3) is 5.91 Å². The van der Waals surface area contributed by atoms with Crippen molar-refractivity contribution < 1.29 is 24.2 Å². The first-order valence-corrected chi connectivity index (χ1v) is 12.4. The Labute approximate surface area is 216 Å². The van der Waals surface area contributed by atoms with Gasteiger partial charge in [-0.1, -0.05) is 48.5 Å². The van der Waals surface area contributed by atoms with Crippen LogP contribution >= 0.6 is 22.6 Å². The third-order valence-electron chi connectivity index (χ3n) is 6.44. The summed E-state index contributed by atoms with van der Waals surface area (Å²) in [4.78, 5) is 37.9. The Kier molecular flexibility index (Phi) is 6.46. The molecule has 0 bridgehead atoms. The standard InChI is InChI=1S/C27H23IN2O5/c28-18-10-17(26(33)30-13-16(14-30)9-25(31)32)11-19(12-18)29-27(34)35-15-24-22-7-3-1-5-20(22)21-6-2-4-8-23(21)24/h1-8,10-12,16,24H,9,13-15H2,(H,29,34)(H,31,32). The molecule has 0 saturated carbocycles. The molecule has 3 aromatic rings. The number of hydrogen-bond acceptors (Lipinski definition) is 4. The largest absolute Gasteiger partial charge is 0.481 e. The van der Waals surface area contributed by atoms with E-state index in [1.165, 1.54) is 0 Å². The number of benzene rings is 3. The summed E-state index contributed by atoms with van der Waals surface area (Å²) in [5, 5.41) is 11.6. The summed E-state index contributed by atoms with van der Waals surface area (Å²) in [6.45, 7) is 1.05. The number of rotatable bonds is 6. The molecule has 3 aromatic carbocycles. The number of ether oxygens (including phenoxy) is 1. The van der Waals surface area contributed by atoms with Crippen LogP contribution in [0.2, 0.25) is 0 Å². The number of carbonyl (C=O) groups excluding carboxylic acids is 2. The summed E-state index contributed by atoms with van der Waals surface area (Å²) in [6.07, 6.45) is -0.525. The molecule has 0 radical (unpaired) electrons. The summed E-state index contributed by atoms with van der Waals surface area (Å²) in [5.41, 5.74) is 5.52. The monoisotopic (exact) mass is 582 g/mol. The van der Waals surface area contributed by atoms with Crippen molar-refractivity contribution in [2.75, 3.05) is 25.0 Å². The molecular formula is C27H23IN2O5. The highest BCUT2D eigenvalue weighted by Crippen LogP contribution is 2.44. The molecule has 2 aliphatic rings. The van der Waals surface area contributed by atoms with Crippen LogP contribution < -0.4 is 5.32 Å². The van der Waals surface area contributed by atoms with E-state index in [2.05, 4.69) is 52.2 Å². The van der Waals surface area contributed by atoms with E-state index in [1.54, 1.807) is 23.1 Å². The van der Waals surface area contributed by atoms with E-state index >= 15 is 0 Å². The van der Waals surface area contributed by atoms with Gasteiger partial charge in [0.15, 0.2) is 0 Å². The van der Waals surface area contributed by atoms with Gasteiger partial charge < -0.3 is 14.7 Å². The number of nitrogens with one attached hydrogen (secondary N) is 1. The van der Waals surface area contributed by atoms with Crippen molar-refractivity contribution in [3.8, 4) is 11.1 Å². The minimum atomic E-state index is -0.856. The minimum absolute atomic E-state index is 0.0161. The van der Waals surface area contributed by atoms with E-state index in [-0.39, 0.29) is 30.8 Å². The molecule has 1 aliphatic carbocycles. The Hall–Kier alpha value is -3.40. The third-order valence-corrected chi connectivity index (χ3v) is 7.07. The van der Waals surface area contributed by atoms with Gasteiger partial charge in [-0.3, -0.25) is 14.9 Å². The van der Waals surface area contributed by atoms with Crippen LogP contribution in [0.5, 0.6) is 0 Å². The van der Waals surface area contributed by atoms with Crippen molar-refractivity contribution in [3.63, 3.8) is 0 Å². The normalized spacial score (nSPS) is 14.6. The molecular weight excluding hydrogens is 559 g/mol. The minimum Gasteiger partial charge on any atom is -0.481 e. The van der Waals surface area contributed by atoms with Gasteiger partial charge in [-0.15, -0.1) is 0 Å². The third kappa shape index (κ3) is 4.88. The molecule has 0 spiro atoms. The van der Waals surface area contributed by atoms with Gasteiger partial charge in [-0.25, -0.2) is 4.79 Å². The van der Waals surface area contributed by atoms with E-state index in [9.17, 15) is 14.4 Å². The maximum atomic E-state index is 12.8. The van der Waals surface area contributed by atoms with Crippen LogP contribution in [0.3, 0.4) is 0 Å². The average Bonchev–Trinajstić information content (AvgIpc) is 3.12. The Morgan fingerprint density at radius 2 is 1.60 bits per heavy atom. The van der Waals surface area contributed by atoms with E-state index in [0.29, 0.717) is 24.3 Å². The fourth-order valence-corrected chi connectivity index (χ4v) is 5.50. The molecule has 2 amide bonds. The second-order valence-electron chi connectivity index (χ2n) is 8.85. The molecule has 5 rings (SSSR count). The lowest BCUT2D eigenvalue weighted by atomic mass is 9.95. The van der Waals surface area contributed by atoms with Crippen LogP contribution in [0.1, 0.15) is 33.8 Å². The fraction of sp³-hybridized carbons (Fsp3) is 0.222. The first-order valence-electron chi connectivity index (χ1n) is 11.3. The van der Waals surface area contributed by atoms with Crippen molar-refractivity contribution in [3.05, 3.63) is 87.0 Å². The zero-order chi connectivity index (χ0) is 24.5. The van der Waals surface area contributed by atoms with Gasteiger partial charge in [-0.05, 0) is 63.0 Å². The average molecular weight is 582 g/mol. The first-order chi connectivity index (χ1) is 16.9. The molecule has 2 N–H and O–H groups in total. The van der Waals surface area contributed by atoms with Crippen molar-refractivity contribution >= 4 is 46.2 Å². The number of carboxylic acid groups (broad SMARTS) is 1. The molecule has 0 atom stereocenters. The molecule has 0 aromatic heterocycles. The highest BCUT2D eigenvalue weighted by atomic mass is 127. The van der Waals surface area contributed by atoms with Gasteiger partial charge in [0.1, 0.15) is 6.61 Å². The summed E-state index contributed by atoms with van der Waals surface area (Å²) < 4.78 is 6.41. The van der Waals surface area contributed by atoms with Crippen LogP contribution in [-0.2, 0) is 9.53 Å². The van der Waals surface area contributed by atoms with Gasteiger partial charge in [-0.2, -0.15) is 0 Å². The summed E-state index contributed by atoms with van der Waals surface area (Å²) in [6, 6.07) is 21.4. The second kappa shape index (κ2) is 9.69. The van der Waals surface area contributed by atoms with Crippen molar-refractivity contribution in [2.45, 2.75) is 12.3 Å². The Balaban J connectivity index is 1.23. The fourth-order valence-electron chi connectivity index (χ4n) is 4.83. The molecule has 7 nitrogen and oxygen atoms in total. The van der Waals surface area contributed by atoms with E-state index in [1.807, 2.05) is 24.3 Å². The smallest absolute Gasteiger partial charge is 0.411 e. The Bertz CT molecular complexity index is 1270. The highest BCUT2D eigenvalue weighted by Gasteiger charge is 2.33. The number of carboxylic acids is 1. The molecule has 178 valence electrons. The molecule has 35 heavy (non-hydrogen) atoms. The topological polar surface area (TPSA) is 95.9 Å². The van der Waals surface area contributed by atoms with Gasteiger partial charge in [0.2, 0.25) is 0 Å². The van der Waals surface area contributed by atoms with Crippen molar-refractivity contribution in [2.24, 2.45) is 5.92 Å². The highest BCUT2D eigenvalue weighted by molar-refractivity contribution is 14.1. The predicted molar refractivity (Wildman–Crippen MR) is 139 cm³/mol. The maximum Gasteiger partial charge on any atom is 0.411 e. The SMILES string of the molecule is O=C(O)CC1CN(C(=O)c2cc(I)cc(NC(=O)OCC3c4ccccc4-c4ccccc43)c2)C1. The lowest BCUT2D eigenvalue weighted by Crippen LogP contribution is -2.50. The number of anilines is 1. The van der Waals surface area contributed by atoms with Crippen molar-refractivity contribution in [1.29, 1.82) is 0 Å². The number of halogens is 1. The lowest BCUT2D eigenvalue weighted by Gasteiger charge is -2.38. The van der Waals surface area contributed by atoms with Crippen LogP contribution in [-0.4, -0.2) is 47.7 Å². The number of nitrogens with zero attached hydrogens (tertiary/aromatic N) is 1. The zero-order valence-electron chi connectivity index (χ0n) is 18.7. The van der Waals surface area contributed by atoms with Gasteiger partial charge >= 0.3 is 12.1 Å². The second-order valence-corrected chi connectivity index (χ2v) is 10.1. The number of likely N-dealkylation sites (tertiary alicyclic amines) is 1. The Morgan fingerprint density at radius 1 is 0.971 bits per heavy atom. The molecule has 1 saturated heterocycles. The Morgan fingerprint density at radius 3 is 2.23 bits per heavy atom. The number of aliphatic carboxylic acids is 1. The number of carbonyl (C=O) groups is 3. The summed E-state index contributed by atoms with van der Waals surface area (Å²) in [7, 11) is 0. The van der Waals surface area contributed by atoms with Crippen LogP contribution in [0, 0.1) is 9.49 Å². The molecule has 1 aliphatic heterocycles. The first kappa shape index (κ1) is 23.3. The van der Waals surface area contributed by atoms with Crippen molar-refractivity contribution in [1.82, 2.24) is 4.90 Å². The predicted octanol–water partition coefficient (Wildman–Crippen LogP) is 5.20. The van der Waals surface area contributed by atoms with Gasteiger partial charge in [0, 0.05) is 39.7 Å². The molecule has 1 fully saturated rings. The summed E-state index contributed by atoms with van der Waals surface area (Å²) >= 11 is 2.10. The zero-order valence-corrected chi connectivity index (χ0v) is 20.9. The number of fused-ring (bicyclic) bond motifs is 3. The lowest BCUT2D eigenvalue weighted by molar-refractivity contribution is -0.139. The molecule has 8 heteroatoms. The molecule has 0 unspecified atom stereocenters. The number of amides is 2. The van der Waals surface area contributed by atoms with E-state index in [0.717, 1.165) is 25.8 Å². The maximum absolute atomic E-state index is 12.8. The van der Waals surface area contributed by atoms with Gasteiger partial charge in [0.05, 0.1) is 6.42 Å². The van der Waals surface area contributed by atoms with Crippen LogP contribution in [0.4, 0.5) is 10.5 Å². The van der Waals surface area contributed by atoms with E-state index in [4.69, 9.17) is 9.84 Å². The quantitative estimate of drug-likeness (QED) is 0.390. The summed E-state index contributed by atoms with van der Waals surface area (Å²) in [5.74, 6) is -1.09. The van der Waals surface area contributed by atoms with E-state index < -0.39 is 12.1 Å².